The standard InChI is InChI=1S/C12H11N5/c1-8-10(7-13)12(17-14)16-11(15-8)9-5-3-2-4-6-9/h2-6H,14H2,1H3,(H,15,16,17). The van der Waals surface area contributed by atoms with Crippen LogP contribution in [-0.2, 0) is 0 Å². The van der Waals surface area contributed by atoms with Crippen molar-refractivity contribution in [2.24, 2.45) is 5.84 Å². The van der Waals surface area contributed by atoms with Gasteiger partial charge in [0.1, 0.15) is 11.6 Å². The van der Waals surface area contributed by atoms with Crippen LogP contribution >= 0.6 is 0 Å². The van der Waals surface area contributed by atoms with Gasteiger partial charge in [-0.2, -0.15) is 5.26 Å². The van der Waals surface area contributed by atoms with Crippen molar-refractivity contribution in [3.8, 4) is 17.5 Å². The Hall–Kier alpha value is -2.45. The van der Waals surface area contributed by atoms with Crippen molar-refractivity contribution in [2.45, 2.75) is 6.92 Å². The molecule has 0 saturated heterocycles. The maximum Gasteiger partial charge on any atom is 0.162 e. The van der Waals surface area contributed by atoms with Crippen LogP contribution in [-0.4, -0.2) is 9.97 Å². The largest absolute Gasteiger partial charge is 0.307 e. The topological polar surface area (TPSA) is 87.6 Å². The SMILES string of the molecule is Cc1nc(-c2ccccc2)nc(NN)c1C#N. The number of hydrogen-bond acceptors (Lipinski definition) is 5. The zero-order valence-corrected chi connectivity index (χ0v) is 9.31. The van der Waals surface area contributed by atoms with Gasteiger partial charge in [-0.05, 0) is 6.92 Å². The van der Waals surface area contributed by atoms with E-state index in [1.807, 2.05) is 36.4 Å². The molecular weight excluding hydrogens is 214 g/mol. The summed E-state index contributed by atoms with van der Waals surface area (Å²) in [6.45, 7) is 1.76. The number of hydrazine groups is 1. The fourth-order valence-electron chi connectivity index (χ4n) is 1.53. The second-order valence-corrected chi connectivity index (χ2v) is 3.48. The zero-order valence-electron chi connectivity index (χ0n) is 9.31. The Morgan fingerprint density at radius 2 is 1.94 bits per heavy atom. The van der Waals surface area contributed by atoms with Crippen LogP contribution in [0.15, 0.2) is 30.3 Å². The minimum absolute atomic E-state index is 0.346. The van der Waals surface area contributed by atoms with Gasteiger partial charge in [0.15, 0.2) is 11.6 Å². The molecule has 2 aromatic rings. The molecule has 2 rings (SSSR count). The van der Waals surface area contributed by atoms with Gasteiger partial charge in [0, 0.05) is 5.56 Å². The number of nitrogen functional groups attached to an aromatic ring is 1. The lowest BCUT2D eigenvalue weighted by atomic mass is 10.2. The first-order valence-corrected chi connectivity index (χ1v) is 5.07. The van der Waals surface area contributed by atoms with Gasteiger partial charge in [-0.3, -0.25) is 0 Å². The monoisotopic (exact) mass is 225 g/mol. The lowest BCUT2D eigenvalue weighted by Crippen LogP contribution is -2.12. The van der Waals surface area contributed by atoms with Crippen molar-refractivity contribution in [3.63, 3.8) is 0 Å². The van der Waals surface area contributed by atoms with Crippen LogP contribution in [0.25, 0.3) is 11.4 Å². The molecule has 5 nitrogen and oxygen atoms in total. The summed E-state index contributed by atoms with van der Waals surface area (Å²) in [7, 11) is 0. The van der Waals surface area contributed by atoms with E-state index >= 15 is 0 Å². The smallest absolute Gasteiger partial charge is 0.162 e. The number of aryl methyl sites for hydroxylation is 1. The van der Waals surface area contributed by atoms with E-state index in [1.54, 1.807) is 6.92 Å². The summed E-state index contributed by atoms with van der Waals surface area (Å²) >= 11 is 0. The highest BCUT2D eigenvalue weighted by Gasteiger charge is 2.11. The highest BCUT2D eigenvalue weighted by molar-refractivity contribution is 5.62. The summed E-state index contributed by atoms with van der Waals surface area (Å²) in [6, 6.07) is 11.6. The Balaban J connectivity index is 2.59. The molecular formula is C12H11N5. The number of nitrogens with one attached hydrogen (secondary N) is 1. The molecule has 0 amide bonds. The number of rotatable bonds is 2. The summed E-state index contributed by atoms with van der Waals surface area (Å²) in [5, 5.41) is 8.97. The van der Waals surface area contributed by atoms with Gasteiger partial charge < -0.3 is 5.43 Å². The minimum atomic E-state index is 0.346. The molecule has 0 unspecified atom stereocenters. The first-order valence-electron chi connectivity index (χ1n) is 5.07. The van der Waals surface area contributed by atoms with Crippen molar-refractivity contribution in [1.29, 1.82) is 5.26 Å². The normalized spacial score (nSPS) is 9.71. The Morgan fingerprint density at radius 1 is 1.24 bits per heavy atom. The van der Waals surface area contributed by atoms with Crippen molar-refractivity contribution < 1.29 is 0 Å². The lowest BCUT2D eigenvalue weighted by molar-refractivity contribution is 1.08. The Morgan fingerprint density at radius 3 is 2.53 bits per heavy atom. The van der Waals surface area contributed by atoms with Crippen LogP contribution in [0.3, 0.4) is 0 Å². The number of nitrogens with two attached hydrogens (primary N) is 1. The fraction of sp³-hybridized carbons (Fsp3) is 0.0833. The Bertz CT molecular complexity index is 571. The number of nitrogens with zero attached hydrogens (tertiary/aromatic N) is 3. The molecule has 5 heteroatoms. The first-order chi connectivity index (χ1) is 8.26. The molecule has 0 spiro atoms. The molecule has 0 fully saturated rings. The number of aromatic nitrogens is 2. The molecule has 84 valence electrons. The average molecular weight is 225 g/mol. The van der Waals surface area contributed by atoms with E-state index in [1.165, 1.54) is 0 Å². The third kappa shape index (κ3) is 2.07. The molecule has 1 aromatic carbocycles. The maximum absolute atomic E-state index is 8.97. The predicted octanol–water partition coefficient (Wildman–Crippen LogP) is 1.61. The average Bonchev–Trinajstić information content (AvgIpc) is 2.38. The van der Waals surface area contributed by atoms with E-state index < -0.39 is 0 Å². The summed E-state index contributed by atoms with van der Waals surface area (Å²) < 4.78 is 0. The summed E-state index contributed by atoms with van der Waals surface area (Å²) in [5.74, 6) is 6.25. The van der Waals surface area contributed by atoms with E-state index in [0.717, 1.165) is 5.56 Å². The molecule has 0 bridgehead atoms. The highest BCUT2D eigenvalue weighted by atomic mass is 15.3. The number of benzene rings is 1. The van der Waals surface area contributed by atoms with Gasteiger partial charge in [0.05, 0.1) is 5.69 Å². The first kappa shape index (κ1) is 11.0. The second-order valence-electron chi connectivity index (χ2n) is 3.48. The van der Waals surface area contributed by atoms with Gasteiger partial charge in [-0.25, -0.2) is 15.8 Å². The van der Waals surface area contributed by atoms with Crippen LogP contribution in [0.5, 0.6) is 0 Å². The molecule has 1 aromatic heterocycles. The van der Waals surface area contributed by atoms with Crippen LogP contribution in [0.4, 0.5) is 5.82 Å². The van der Waals surface area contributed by atoms with E-state index in [0.29, 0.717) is 22.9 Å². The van der Waals surface area contributed by atoms with Crippen molar-refractivity contribution in [1.82, 2.24) is 9.97 Å². The summed E-state index contributed by atoms with van der Waals surface area (Å²) in [6.07, 6.45) is 0. The van der Waals surface area contributed by atoms with Crippen LogP contribution in [0.2, 0.25) is 0 Å². The van der Waals surface area contributed by atoms with Gasteiger partial charge in [-0.1, -0.05) is 30.3 Å². The molecule has 0 saturated carbocycles. The Kier molecular flexibility index (Phi) is 2.99. The highest BCUT2D eigenvalue weighted by Crippen LogP contribution is 2.20. The van der Waals surface area contributed by atoms with E-state index in [-0.39, 0.29) is 0 Å². The van der Waals surface area contributed by atoms with Crippen LogP contribution < -0.4 is 11.3 Å². The molecule has 0 atom stereocenters. The van der Waals surface area contributed by atoms with Gasteiger partial charge in [-0.15, -0.1) is 0 Å². The minimum Gasteiger partial charge on any atom is -0.307 e. The zero-order chi connectivity index (χ0) is 12.3. The molecule has 0 aliphatic carbocycles. The van der Waals surface area contributed by atoms with Gasteiger partial charge in [0.2, 0.25) is 0 Å². The van der Waals surface area contributed by atoms with Crippen molar-refractivity contribution >= 4 is 5.82 Å². The second kappa shape index (κ2) is 4.60. The predicted molar refractivity (Wildman–Crippen MR) is 64.7 cm³/mol. The number of hydrogen-bond donors (Lipinski definition) is 2. The molecule has 0 aliphatic heterocycles. The summed E-state index contributed by atoms with van der Waals surface area (Å²) in [4.78, 5) is 8.52. The van der Waals surface area contributed by atoms with Crippen LogP contribution in [0.1, 0.15) is 11.3 Å². The fourth-order valence-corrected chi connectivity index (χ4v) is 1.53. The number of anilines is 1. The third-order valence-electron chi connectivity index (χ3n) is 2.37. The van der Waals surface area contributed by atoms with Crippen LogP contribution in [0, 0.1) is 18.3 Å². The quantitative estimate of drug-likeness (QED) is 0.598. The Labute approximate surface area is 98.9 Å². The van der Waals surface area contributed by atoms with Gasteiger partial charge >= 0.3 is 0 Å². The summed E-state index contributed by atoms with van der Waals surface area (Å²) in [5.41, 5.74) is 4.28. The maximum atomic E-state index is 8.97. The van der Waals surface area contributed by atoms with Crippen molar-refractivity contribution in [2.75, 3.05) is 5.43 Å². The van der Waals surface area contributed by atoms with Crippen molar-refractivity contribution in [3.05, 3.63) is 41.6 Å². The van der Waals surface area contributed by atoms with Gasteiger partial charge in [0.25, 0.3) is 0 Å². The van der Waals surface area contributed by atoms with E-state index in [9.17, 15) is 0 Å². The molecule has 17 heavy (non-hydrogen) atoms. The molecule has 0 radical (unpaired) electrons. The lowest BCUT2D eigenvalue weighted by Gasteiger charge is -2.07. The molecule has 0 aliphatic rings. The number of nitriles is 1. The third-order valence-corrected chi connectivity index (χ3v) is 2.37. The molecule has 1 heterocycles. The van der Waals surface area contributed by atoms with E-state index in [2.05, 4.69) is 15.4 Å². The molecule has 3 N–H and O–H groups in total. The van der Waals surface area contributed by atoms with E-state index in [4.69, 9.17) is 11.1 Å².